The third-order valence-corrected chi connectivity index (χ3v) is 10.8. The summed E-state index contributed by atoms with van der Waals surface area (Å²) in [6.07, 6.45) is 3.19. The third-order valence-electron chi connectivity index (χ3n) is 8.73. The lowest BCUT2D eigenvalue weighted by Gasteiger charge is -2.22. The summed E-state index contributed by atoms with van der Waals surface area (Å²) < 4.78 is 2.19. The predicted molar refractivity (Wildman–Crippen MR) is 196 cm³/mol. The lowest BCUT2D eigenvalue weighted by atomic mass is 9.98. The molecule has 5 aromatic carbocycles. The van der Waals surface area contributed by atoms with Gasteiger partial charge in [-0.2, -0.15) is 0 Å². The van der Waals surface area contributed by atoms with Crippen molar-refractivity contribution in [1.82, 2.24) is 14.5 Å². The summed E-state index contributed by atoms with van der Waals surface area (Å²) in [6.45, 7) is 11.8. The molecule has 228 valence electrons. The first kappa shape index (κ1) is 29.7. The first-order chi connectivity index (χ1) is 22.2. The van der Waals surface area contributed by atoms with Crippen LogP contribution in [0.2, 0.25) is 19.6 Å². The maximum Gasteiger partial charge on any atom is 0.149 e. The van der Waals surface area contributed by atoms with Gasteiger partial charge in [-0.25, -0.2) is 4.98 Å². The maximum absolute atomic E-state index is 11.0. The molecule has 0 atom stereocenters. The zero-order chi connectivity index (χ0) is 32.0. The summed E-state index contributed by atoms with van der Waals surface area (Å²) in [7, 11) is -1.53. The highest BCUT2D eigenvalue weighted by molar-refractivity contribution is 6.89. The highest BCUT2D eigenvalue weighted by Gasteiger charge is 2.23. The molecular weight excluding hydrogens is 579 g/mol. The van der Waals surface area contributed by atoms with Crippen molar-refractivity contribution < 1.29 is 5.11 Å². The SMILES string of the molecule is CC(C)Cc1cc(-c2cccc(-c3cccc4c3nc(-c3ccccc3O)n4-c3cccc4ccccc34)c2)ncc1[Si](C)(C)C. The van der Waals surface area contributed by atoms with E-state index in [1.165, 1.54) is 10.8 Å². The molecule has 0 radical (unpaired) electrons. The molecule has 0 aliphatic rings. The highest BCUT2D eigenvalue weighted by Crippen LogP contribution is 2.39. The van der Waals surface area contributed by atoms with Gasteiger partial charge in [-0.15, -0.1) is 0 Å². The summed E-state index contributed by atoms with van der Waals surface area (Å²) in [4.78, 5) is 10.3. The summed E-state index contributed by atoms with van der Waals surface area (Å²) in [5.41, 5.74) is 9.21. The second-order valence-corrected chi connectivity index (χ2v) is 18.7. The molecule has 7 aromatic rings. The van der Waals surface area contributed by atoms with Gasteiger partial charge in [0, 0.05) is 22.7 Å². The van der Waals surface area contributed by atoms with Crippen molar-refractivity contribution in [2.75, 3.05) is 0 Å². The lowest BCUT2D eigenvalue weighted by molar-refractivity contribution is 0.477. The number of aromatic hydroxyl groups is 1. The first-order valence-electron chi connectivity index (χ1n) is 16.1. The van der Waals surface area contributed by atoms with E-state index in [2.05, 4.69) is 135 Å². The molecule has 4 nitrogen and oxygen atoms in total. The van der Waals surface area contributed by atoms with Crippen molar-refractivity contribution in [2.45, 2.75) is 39.9 Å². The van der Waals surface area contributed by atoms with E-state index in [9.17, 15) is 5.11 Å². The molecule has 0 spiro atoms. The van der Waals surface area contributed by atoms with Crippen molar-refractivity contribution in [1.29, 1.82) is 0 Å². The van der Waals surface area contributed by atoms with Crippen LogP contribution >= 0.6 is 0 Å². The smallest absolute Gasteiger partial charge is 0.149 e. The van der Waals surface area contributed by atoms with E-state index in [0.717, 1.165) is 56.3 Å². The first-order valence-corrected chi connectivity index (χ1v) is 19.6. The molecule has 2 aromatic heterocycles. The molecular formula is C41H39N3OSi. The van der Waals surface area contributed by atoms with Crippen LogP contribution in [0, 0.1) is 5.92 Å². The van der Waals surface area contributed by atoms with Crippen LogP contribution in [0.15, 0.2) is 121 Å². The minimum Gasteiger partial charge on any atom is -0.507 e. The van der Waals surface area contributed by atoms with Gasteiger partial charge in [-0.05, 0) is 70.4 Å². The number of phenols is 1. The van der Waals surface area contributed by atoms with Gasteiger partial charge in [0.15, 0.2) is 0 Å². The van der Waals surface area contributed by atoms with Crippen molar-refractivity contribution in [3.63, 3.8) is 0 Å². The molecule has 5 heteroatoms. The Kier molecular flexibility index (Phi) is 7.57. The van der Waals surface area contributed by atoms with Crippen LogP contribution in [0.25, 0.3) is 61.3 Å². The van der Waals surface area contributed by atoms with Crippen molar-refractivity contribution in [3.05, 3.63) is 127 Å². The molecule has 2 heterocycles. The second kappa shape index (κ2) is 11.7. The Morgan fingerprint density at radius 3 is 2.24 bits per heavy atom. The number of fused-ring (bicyclic) bond motifs is 2. The molecule has 0 saturated heterocycles. The molecule has 0 aliphatic carbocycles. The van der Waals surface area contributed by atoms with Gasteiger partial charge in [-0.1, -0.05) is 112 Å². The topological polar surface area (TPSA) is 50.9 Å². The predicted octanol–water partition coefficient (Wildman–Crippen LogP) is 10.0. The van der Waals surface area contributed by atoms with Crippen LogP contribution in [0.3, 0.4) is 0 Å². The van der Waals surface area contributed by atoms with Gasteiger partial charge < -0.3 is 5.11 Å². The number of hydrogen-bond donors (Lipinski definition) is 1. The van der Waals surface area contributed by atoms with Crippen LogP contribution < -0.4 is 5.19 Å². The van der Waals surface area contributed by atoms with Crippen LogP contribution in [0.5, 0.6) is 5.75 Å². The van der Waals surface area contributed by atoms with Gasteiger partial charge in [0.2, 0.25) is 0 Å². The largest absolute Gasteiger partial charge is 0.507 e. The van der Waals surface area contributed by atoms with E-state index in [-0.39, 0.29) is 5.75 Å². The van der Waals surface area contributed by atoms with Crippen molar-refractivity contribution in [2.24, 2.45) is 5.92 Å². The van der Waals surface area contributed by atoms with Crippen LogP contribution in [0.1, 0.15) is 19.4 Å². The molecule has 0 saturated carbocycles. The minimum absolute atomic E-state index is 0.202. The average molecular weight is 618 g/mol. The quantitative estimate of drug-likeness (QED) is 0.181. The Morgan fingerprint density at radius 2 is 1.43 bits per heavy atom. The van der Waals surface area contributed by atoms with Gasteiger partial charge in [0.1, 0.15) is 11.6 Å². The molecule has 0 aliphatic heterocycles. The van der Waals surface area contributed by atoms with Gasteiger partial charge >= 0.3 is 0 Å². The van der Waals surface area contributed by atoms with Gasteiger partial charge in [0.05, 0.1) is 36.1 Å². The van der Waals surface area contributed by atoms with E-state index in [1.807, 2.05) is 18.2 Å². The van der Waals surface area contributed by atoms with Crippen molar-refractivity contribution in [3.8, 4) is 45.2 Å². The van der Waals surface area contributed by atoms with Gasteiger partial charge in [0.25, 0.3) is 0 Å². The summed E-state index contributed by atoms with van der Waals surface area (Å²) >= 11 is 0. The van der Waals surface area contributed by atoms with E-state index in [4.69, 9.17) is 9.97 Å². The Hall–Kier alpha value is -5.00. The van der Waals surface area contributed by atoms with Crippen LogP contribution in [-0.4, -0.2) is 27.7 Å². The van der Waals surface area contributed by atoms with Gasteiger partial charge in [-0.3, -0.25) is 9.55 Å². The van der Waals surface area contributed by atoms with E-state index < -0.39 is 8.07 Å². The standard InChI is InChI=1S/C41H39N3OSi/c1-27(2)23-31-25-35(42-26-39(31)46(3,4)5)30-16-10-15-29(24-30)33-19-12-21-37-40(33)43-41(34-18-8-9-22-38(34)45)44(37)36-20-11-14-28-13-6-7-17-32(28)36/h6-22,24-27,45H,23H2,1-5H3. The highest BCUT2D eigenvalue weighted by atomic mass is 28.3. The summed E-state index contributed by atoms with van der Waals surface area (Å²) in [5.74, 6) is 1.48. The van der Waals surface area contributed by atoms with E-state index in [0.29, 0.717) is 17.3 Å². The van der Waals surface area contributed by atoms with Crippen molar-refractivity contribution >= 4 is 35.1 Å². The Morgan fingerprint density at radius 1 is 0.739 bits per heavy atom. The Balaban J connectivity index is 1.43. The molecule has 7 rings (SSSR count). The number of nitrogens with zero attached hydrogens (tertiary/aromatic N) is 3. The number of para-hydroxylation sites is 2. The summed E-state index contributed by atoms with van der Waals surface area (Å²) in [6, 6.07) is 39.5. The van der Waals surface area contributed by atoms with Crippen LogP contribution in [-0.2, 0) is 6.42 Å². The number of pyridine rings is 1. The zero-order valence-electron chi connectivity index (χ0n) is 27.1. The maximum atomic E-state index is 11.0. The number of aromatic nitrogens is 3. The number of rotatable bonds is 7. The fourth-order valence-electron chi connectivity index (χ4n) is 6.61. The average Bonchev–Trinajstić information content (AvgIpc) is 3.43. The molecule has 46 heavy (non-hydrogen) atoms. The molecule has 0 bridgehead atoms. The molecule has 0 fully saturated rings. The van der Waals surface area contributed by atoms with Crippen LogP contribution in [0.4, 0.5) is 0 Å². The Labute approximate surface area is 272 Å². The summed E-state index contributed by atoms with van der Waals surface area (Å²) in [5, 5.41) is 14.7. The van der Waals surface area contributed by atoms with E-state index in [1.54, 1.807) is 6.07 Å². The lowest BCUT2D eigenvalue weighted by Crippen LogP contribution is -2.40. The minimum atomic E-state index is -1.53. The fraction of sp³-hybridized carbons (Fsp3) is 0.171. The third kappa shape index (κ3) is 5.41. The van der Waals surface area contributed by atoms with E-state index >= 15 is 0 Å². The normalized spacial score (nSPS) is 12.0. The number of benzene rings is 5. The second-order valence-electron chi connectivity index (χ2n) is 13.6. The number of phenolic OH excluding ortho intramolecular Hbond substituents is 1. The Bertz CT molecular complexity index is 2220. The number of imidazole rings is 1. The fourth-order valence-corrected chi connectivity index (χ4v) is 8.20. The zero-order valence-corrected chi connectivity index (χ0v) is 28.1. The molecule has 0 amide bonds. The molecule has 0 unspecified atom stereocenters. The monoisotopic (exact) mass is 617 g/mol. The molecule has 1 N–H and O–H groups in total. The number of hydrogen-bond acceptors (Lipinski definition) is 3.